The fourth-order valence-electron chi connectivity index (χ4n) is 7.28. The zero-order chi connectivity index (χ0) is 53.4. The second-order valence-corrected chi connectivity index (χ2v) is 19.1. The van der Waals surface area contributed by atoms with E-state index >= 15 is 0 Å². The molecule has 0 aromatic heterocycles. The van der Waals surface area contributed by atoms with E-state index < -0.39 is 133 Å². The van der Waals surface area contributed by atoms with Crippen LogP contribution >= 0.6 is 25.3 Å². The number of rotatable bonds is 32. The van der Waals surface area contributed by atoms with Crippen molar-refractivity contribution in [2.45, 2.75) is 154 Å². The van der Waals surface area contributed by atoms with Gasteiger partial charge in [-0.3, -0.25) is 48.1 Å². The molecule has 25 nitrogen and oxygen atoms in total. The van der Waals surface area contributed by atoms with E-state index in [-0.39, 0.29) is 86.8 Å². The molecule has 8 amide bonds. The highest BCUT2D eigenvalue weighted by molar-refractivity contribution is 7.80. The van der Waals surface area contributed by atoms with Crippen LogP contribution in [0.25, 0.3) is 0 Å². The summed E-state index contributed by atoms with van der Waals surface area (Å²) in [4.78, 5) is 137. The normalized spacial score (nSPS) is 16.9. The maximum Gasteiger partial charge on any atom is 0.327 e. The molecule has 0 aliphatic carbocycles. The number of nitrogens with two attached hydrogens (primary N) is 3. The Balaban J connectivity index is 3.48. The van der Waals surface area contributed by atoms with E-state index in [4.69, 9.17) is 17.2 Å². The Labute approximate surface area is 419 Å². The molecule has 398 valence electrons. The van der Waals surface area contributed by atoms with Crippen LogP contribution in [0.4, 0.5) is 0 Å². The number of carbonyl (C=O) groups excluding carboxylic acids is 8. The number of carboxylic acid groups (broad SMARTS) is 2. The number of guanidine groups is 1. The molecule has 1 rings (SSSR count). The van der Waals surface area contributed by atoms with E-state index in [1.807, 2.05) is 0 Å². The van der Waals surface area contributed by atoms with Crippen molar-refractivity contribution in [1.82, 2.24) is 42.1 Å². The fraction of sp³-hybridized carbons (Fsp3) is 0.744. The molecule has 0 spiro atoms. The van der Waals surface area contributed by atoms with E-state index in [2.05, 4.69) is 67.5 Å². The number of hydrogen-bond acceptors (Lipinski definition) is 15. The number of nitrogens with one attached hydrogen (secondary N) is 7. The van der Waals surface area contributed by atoms with Crippen LogP contribution in [0.3, 0.4) is 0 Å². The average molecular weight is 1030 g/mol. The van der Waals surface area contributed by atoms with Gasteiger partial charge in [-0.25, -0.2) is 4.79 Å². The lowest BCUT2D eigenvalue weighted by Crippen LogP contribution is -2.60. The number of thiol groups is 2. The van der Waals surface area contributed by atoms with Crippen LogP contribution in [-0.2, 0) is 47.9 Å². The number of hydrogen-bond donors (Lipinski definition) is 15. The summed E-state index contributed by atoms with van der Waals surface area (Å²) in [5.74, 6) is -10.2. The summed E-state index contributed by atoms with van der Waals surface area (Å²) in [6, 6.07) is -11.7. The van der Waals surface area contributed by atoms with Gasteiger partial charge in [-0.2, -0.15) is 25.3 Å². The number of aliphatic hydroxyl groups excluding tert-OH is 1. The number of likely N-dealkylation sites (tertiary alicyclic amines) is 1. The number of aliphatic carboxylic acids is 2. The van der Waals surface area contributed by atoms with Gasteiger partial charge in [0.15, 0.2) is 5.96 Å². The van der Waals surface area contributed by atoms with Crippen LogP contribution in [0.2, 0.25) is 0 Å². The maximum absolute atomic E-state index is 14.5. The van der Waals surface area contributed by atoms with Crippen molar-refractivity contribution < 1.29 is 63.3 Å². The van der Waals surface area contributed by atoms with Crippen molar-refractivity contribution in [3.63, 3.8) is 0 Å². The number of aliphatic hydroxyl groups is 1. The van der Waals surface area contributed by atoms with Gasteiger partial charge in [-0.1, -0.05) is 41.5 Å². The first-order valence-electron chi connectivity index (χ1n) is 23.3. The molecule has 27 heteroatoms. The number of amides is 8. The molecule has 0 bridgehead atoms. The van der Waals surface area contributed by atoms with Crippen molar-refractivity contribution in [2.24, 2.45) is 39.9 Å². The van der Waals surface area contributed by atoms with E-state index in [0.29, 0.717) is 6.42 Å². The predicted molar refractivity (Wildman–Crippen MR) is 264 cm³/mol. The van der Waals surface area contributed by atoms with Crippen molar-refractivity contribution >= 4 is 90.4 Å². The third-order valence-electron chi connectivity index (χ3n) is 10.8. The van der Waals surface area contributed by atoms with Crippen molar-refractivity contribution in [3.05, 3.63) is 0 Å². The van der Waals surface area contributed by atoms with Gasteiger partial charge < -0.3 is 74.6 Å². The molecule has 0 aromatic carbocycles. The SMILES string of the molecule is CC(C)C[C@H](NC(=O)[C@H](CO)NC(=O)[C@@H](N)CS)C(=O)N[C@@H](CC(C)C)C(=O)N[C@@H](CCCN=C(N)N)C(=O)N1CCC[C@H]1C(=O)N[C@@H](CC(C)C)C(=O)N[C@@H](CCC(=O)O)C(=O)N[C@@H](CS)C(=O)O. The predicted octanol–water partition coefficient (Wildman–Crippen LogP) is -3.31. The highest BCUT2D eigenvalue weighted by atomic mass is 32.1. The van der Waals surface area contributed by atoms with Gasteiger partial charge in [-0.15, -0.1) is 0 Å². The zero-order valence-electron chi connectivity index (χ0n) is 40.8. The summed E-state index contributed by atoms with van der Waals surface area (Å²) in [6.45, 7) is 10.0. The molecular formula is C43H76N12O13S2. The summed E-state index contributed by atoms with van der Waals surface area (Å²) in [5, 5.41) is 46.3. The van der Waals surface area contributed by atoms with Gasteiger partial charge in [-0.05, 0) is 69.1 Å². The van der Waals surface area contributed by atoms with Crippen molar-refractivity contribution in [1.29, 1.82) is 0 Å². The highest BCUT2D eigenvalue weighted by Crippen LogP contribution is 2.21. The second-order valence-electron chi connectivity index (χ2n) is 18.4. The third-order valence-corrected chi connectivity index (χ3v) is 11.6. The Morgan fingerprint density at radius 3 is 1.50 bits per heavy atom. The molecule has 1 fully saturated rings. The number of nitrogens with zero attached hydrogens (tertiary/aromatic N) is 2. The van der Waals surface area contributed by atoms with Crippen molar-refractivity contribution in [3.8, 4) is 0 Å². The molecule has 1 aliphatic rings. The molecule has 0 unspecified atom stereocenters. The highest BCUT2D eigenvalue weighted by Gasteiger charge is 2.40. The molecule has 0 aromatic rings. The minimum atomic E-state index is -1.50. The summed E-state index contributed by atoms with van der Waals surface area (Å²) < 4.78 is 0. The smallest absolute Gasteiger partial charge is 0.327 e. The minimum absolute atomic E-state index is 0.0279. The number of carboxylic acids is 2. The van der Waals surface area contributed by atoms with Gasteiger partial charge in [0.05, 0.1) is 12.6 Å². The topological polar surface area (TPSA) is 409 Å². The Morgan fingerprint density at radius 2 is 1.06 bits per heavy atom. The van der Waals surface area contributed by atoms with Crippen molar-refractivity contribution in [2.75, 3.05) is 31.2 Å². The van der Waals surface area contributed by atoms with Gasteiger partial charge in [0.25, 0.3) is 0 Å². The number of aliphatic imine (C=N–C) groups is 1. The first-order valence-corrected chi connectivity index (χ1v) is 24.5. The van der Waals surface area contributed by atoms with Gasteiger partial charge in [0.2, 0.25) is 47.3 Å². The molecule has 1 aliphatic heterocycles. The molecule has 0 saturated carbocycles. The summed E-state index contributed by atoms with van der Waals surface area (Å²) in [7, 11) is 0. The van der Waals surface area contributed by atoms with Crippen LogP contribution < -0.4 is 54.4 Å². The minimum Gasteiger partial charge on any atom is -0.481 e. The molecule has 9 atom stereocenters. The maximum atomic E-state index is 14.5. The van der Waals surface area contributed by atoms with Crippen LogP contribution in [0.1, 0.15) is 99.3 Å². The van der Waals surface area contributed by atoms with Gasteiger partial charge >= 0.3 is 11.9 Å². The largest absolute Gasteiger partial charge is 0.481 e. The Kier molecular flexibility index (Phi) is 28.4. The van der Waals surface area contributed by atoms with Crippen LogP contribution in [0.15, 0.2) is 4.99 Å². The molecule has 16 N–H and O–H groups in total. The number of carbonyl (C=O) groups is 10. The fourth-order valence-corrected chi connectivity index (χ4v) is 7.69. The average Bonchev–Trinajstić information content (AvgIpc) is 3.77. The Morgan fingerprint density at radius 1 is 0.614 bits per heavy atom. The molecule has 1 heterocycles. The standard InChI is InChI=1S/C43H76N12O13S2/c1-21(2)15-27(50-38(63)28(16-22(3)4)51-39(64)30(18-56)53-34(59)24(44)19-69)37(62)49-26(9-7-13-47-43(45)46)41(66)55-14-8-10-32(55)40(65)52-29(17-23(5)6)36(61)48-25(11-12-33(57)58)35(60)54-31(20-70)42(67)68/h21-32,56,69-70H,7-20,44H2,1-6H3,(H,48,61)(H,49,62)(H,50,63)(H,51,64)(H,52,65)(H,53,59)(H,54,60)(H,57,58)(H,67,68)(H4,45,46,47)/t24-,25-,26-,27-,28-,29-,30-,31-,32-/m0/s1. The lowest BCUT2D eigenvalue weighted by Gasteiger charge is -2.31. The summed E-state index contributed by atoms with van der Waals surface area (Å²) in [5.41, 5.74) is 16.7. The molecule has 70 heavy (non-hydrogen) atoms. The first-order chi connectivity index (χ1) is 32.8. The first kappa shape index (κ1) is 62.6. The third kappa shape index (κ3) is 22.6. The summed E-state index contributed by atoms with van der Waals surface area (Å²) >= 11 is 7.90. The van der Waals surface area contributed by atoms with E-state index in [0.717, 1.165) is 0 Å². The van der Waals surface area contributed by atoms with Crippen LogP contribution in [0, 0.1) is 17.8 Å². The van der Waals surface area contributed by atoms with E-state index in [1.165, 1.54) is 4.90 Å². The lowest BCUT2D eigenvalue weighted by atomic mass is 9.99. The van der Waals surface area contributed by atoms with Gasteiger partial charge in [0.1, 0.15) is 48.3 Å². The molecule has 1 saturated heterocycles. The van der Waals surface area contributed by atoms with E-state index in [9.17, 15) is 63.3 Å². The van der Waals surface area contributed by atoms with E-state index in [1.54, 1.807) is 41.5 Å². The Hall–Kier alpha value is -5.41. The van der Waals surface area contributed by atoms with Crippen LogP contribution in [-0.4, -0.2) is 171 Å². The quantitative estimate of drug-likeness (QED) is 0.0136. The second kappa shape index (κ2) is 31.7. The summed E-state index contributed by atoms with van der Waals surface area (Å²) in [6.07, 6.45) is -0.113. The molecular weight excluding hydrogens is 957 g/mol. The Bertz CT molecular complexity index is 1840. The molecule has 0 radical (unpaired) electrons. The van der Waals surface area contributed by atoms with Crippen LogP contribution in [0.5, 0.6) is 0 Å². The zero-order valence-corrected chi connectivity index (χ0v) is 42.6. The monoisotopic (exact) mass is 1030 g/mol. The van der Waals surface area contributed by atoms with Gasteiger partial charge in [0, 0.05) is 31.0 Å². The lowest BCUT2D eigenvalue weighted by molar-refractivity contribution is -0.143.